The Kier molecular flexibility index (Phi) is 3.85. The van der Waals surface area contributed by atoms with Crippen molar-refractivity contribution in [2.45, 2.75) is 52.9 Å². The molecule has 0 saturated heterocycles. The Morgan fingerprint density at radius 2 is 2.08 bits per heavy atom. The van der Waals surface area contributed by atoms with Crippen molar-refractivity contribution < 1.29 is 0 Å². The van der Waals surface area contributed by atoms with Crippen molar-refractivity contribution in [3.8, 4) is 0 Å². The van der Waals surface area contributed by atoms with E-state index in [9.17, 15) is 0 Å². The SMILES string of the molecule is CCCCCC(Cl)=CC1CC1(C)C. The van der Waals surface area contributed by atoms with Crippen molar-refractivity contribution in [1.82, 2.24) is 0 Å². The molecule has 0 aliphatic heterocycles. The van der Waals surface area contributed by atoms with E-state index in [0.29, 0.717) is 5.41 Å². The summed E-state index contributed by atoms with van der Waals surface area (Å²) >= 11 is 6.14. The van der Waals surface area contributed by atoms with Crippen LogP contribution in [0.15, 0.2) is 11.1 Å². The van der Waals surface area contributed by atoms with Gasteiger partial charge in [-0.05, 0) is 30.6 Å². The Hall–Kier alpha value is 0.0300. The second kappa shape index (κ2) is 4.50. The van der Waals surface area contributed by atoms with Crippen LogP contribution < -0.4 is 0 Å². The second-order valence-corrected chi connectivity index (χ2v) is 5.36. The van der Waals surface area contributed by atoms with E-state index in [1.807, 2.05) is 0 Å². The lowest BCUT2D eigenvalue weighted by molar-refractivity contribution is 0.608. The molecule has 0 aromatic rings. The third-order valence-electron chi connectivity index (χ3n) is 2.99. The third kappa shape index (κ3) is 3.72. The van der Waals surface area contributed by atoms with E-state index in [1.54, 1.807) is 0 Å². The van der Waals surface area contributed by atoms with Crippen LogP contribution in [0.25, 0.3) is 0 Å². The van der Waals surface area contributed by atoms with Crippen LogP contribution in [0.5, 0.6) is 0 Å². The standard InChI is InChI=1S/C12H21Cl/c1-4-5-6-7-11(13)8-10-9-12(10,2)3/h8,10H,4-7,9H2,1-3H3. The van der Waals surface area contributed by atoms with Crippen LogP contribution in [0.3, 0.4) is 0 Å². The van der Waals surface area contributed by atoms with Crippen LogP contribution in [0.4, 0.5) is 0 Å². The van der Waals surface area contributed by atoms with E-state index < -0.39 is 0 Å². The van der Waals surface area contributed by atoms with Gasteiger partial charge in [0.25, 0.3) is 0 Å². The zero-order valence-corrected chi connectivity index (χ0v) is 9.82. The minimum Gasteiger partial charge on any atom is -0.0895 e. The number of halogens is 1. The van der Waals surface area contributed by atoms with Gasteiger partial charge in [-0.25, -0.2) is 0 Å². The van der Waals surface area contributed by atoms with Crippen LogP contribution in [0, 0.1) is 11.3 Å². The summed E-state index contributed by atoms with van der Waals surface area (Å²) < 4.78 is 0. The highest BCUT2D eigenvalue weighted by Gasteiger charge is 2.43. The van der Waals surface area contributed by atoms with Crippen molar-refractivity contribution in [2.24, 2.45) is 11.3 Å². The number of unbranched alkanes of at least 4 members (excludes halogenated alkanes) is 2. The normalized spacial score (nSPS) is 26.2. The summed E-state index contributed by atoms with van der Waals surface area (Å²) in [6.07, 6.45) is 8.51. The summed E-state index contributed by atoms with van der Waals surface area (Å²) in [5.74, 6) is 0.752. The Balaban J connectivity index is 2.20. The molecule has 1 rings (SSSR count). The molecule has 76 valence electrons. The molecule has 1 heteroatoms. The first kappa shape index (κ1) is 11.1. The molecule has 1 aliphatic rings. The van der Waals surface area contributed by atoms with E-state index in [1.165, 1.54) is 25.7 Å². The molecule has 0 radical (unpaired) electrons. The lowest BCUT2D eigenvalue weighted by Gasteiger charge is -2.00. The highest BCUT2D eigenvalue weighted by molar-refractivity contribution is 6.29. The van der Waals surface area contributed by atoms with Gasteiger partial charge in [0, 0.05) is 5.03 Å². The fraction of sp³-hybridized carbons (Fsp3) is 0.833. The molecule has 13 heavy (non-hydrogen) atoms. The first-order valence-electron chi connectivity index (χ1n) is 5.42. The maximum Gasteiger partial charge on any atom is 0.0144 e. The summed E-state index contributed by atoms with van der Waals surface area (Å²) in [5.41, 5.74) is 0.533. The Morgan fingerprint density at radius 1 is 1.46 bits per heavy atom. The molecular formula is C12H21Cl. The summed E-state index contributed by atoms with van der Waals surface area (Å²) in [5, 5.41) is 1.09. The number of hydrogen-bond donors (Lipinski definition) is 0. The van der Waals surface area contributed by atoms with Gasteiger partial charge in [-0.3, -0.25) is 0 Å². The highest BCUT2D eigenvalue weighted by Crippen LogP contribution is 2.53. The minimum atomic E-state index is 0.533. The van der Waals surface area contributed by atoms with Gasteiger partial charge in [-0.1, -0.05) is 51.3 Å². The molecule has 0 bridgehead atoms. The molecule has 1 saturated carbocycles. The van der Waals surface area contributed by atoms with Crippen molar-refractivity contribution in [1.29, 1.82) is 0 Å². The van der Waals surface area contributed by atoms with Crippen LogP contribution in [0.1, 0.15) is 52.9 Å². The molecular weight excluding hydrogens is 180 g/mol. The van der Waals surface area contributed by atoms with E-state index in [2.05, 4.69) is 26.8 Å². The van der Waals surface area contributed by atoms with Gasteiger partial charge in [-0.15, -0.1) is 0 Å². The topological polar surface area (TPSA) is 0 Å². The summed E-state index contributed by atoms with van der Waals surface area (Å²) in [6, 6.07) is 0. The molecule has 0 heterocycles. The maximum absolute atomic E-state index is 6.14. The monoisotopic (exact) mass is 200 g/mol. The smallest absolute Gasteiger partial charge is 0.0144 e. The summed E-state index contributed by atoms with van der Waals surface area (Å²) in [7, 11) is 0. The van der Waals surface area contributed by atoms with E-state index in [0.717, 1.165) is 17.4 Å². The lowest BCUT2D eigenvalue weighted by atomic mass is 10.1. The average molecular weight is 201 g/mol. The van der Waals surface area contributed by atoms with E-state index >= 15 is 0 Å². The molecule has 0 nitrogen and oxygen atoms in total. The van der Waals surface area contributed by atoms with E-state index in [4.69, 9.17) is 11.6 Å². The first-order chi connectivity index (χ1) is 6.06. The van der Waals surface area contributed by atoms with Gasteiger partial charge in [0.1, 0.15) is 0 Å². The number of hydrogen-bond acceptors (Lipinski definition) is 0. The van der Waals surface area contributed by atoms with Crippen LogP contribution in [-0.2, 0) is 0 Å². The maximum atomic E-state index is 6.14. The summed E-state index contributed by atoms with van der Waals surface area (Å²) in [4.78, 5) is 0. The van der Waals surface area contributed by atoms with Crippen molar-refractivity contribution in [3.63, 3.8) is 0 Å². The molecule has 0 amide bonds. The highest BCUT2D eigenvalue weighted by atomic mass is 35.5. The molecule has 0 aromatic carbocycles. The fourth-order valence-electron chi connectivity index (χ4n) is 1.64. The van der Waals surface area contributed by atoms with Gasteiger partial charge in [-0.2, -0.15) is 0 Å². The van der Waals surface area contributed by atoms with Crippen molar-refractivity contribution >= 4 is 11.6 Å². The molecule has 0 aromatic heterocycles. The quantitative estimate of drug-likeness (QED) is 0.563. The summed E-state index contributed by atoms with van der Waals surface area (Å²) in [6.45, 7) is 6.84. The van der Waals surface area contributed by atoms with Gasteiger partial charge in [0.05, 0.1) is 0 Å². The minimum absolute atomic E-state index is 0.533. The zero-order chi connectivity index (χ0) is 9.90. The van der Waals surface area contributed by atoms with Crippen LogP contribution in [0.2, 0.25) is 0 Å². The van der Waals surface area contributed by atoms with Crippen molar-refractivity contribution in [2.75, 3.05) is 0 Å². The average Bonchev–Trinajstić information content (AvgIpc) is 2.59. The van der Waals surface area contributed by atoms with Gasteiger partial charge in [0.2, 0.25) is 0 Å². The number of rotatable bonds is 5. The third-order valence-corrected chi connectivity index (χ3v) is 3.31. The van der Waals surface area contributed by atoms with Gasteiger partial charge in [0.15, 0.2) is 0 Å². The molecule has 1 unspecified atom stereocenters. The van der Waals surface area contributed by atoms with Crippen LogP contribution in [-0.4, -0.2) is 0 Å². The Bertz CT molecular complexity index is 191. The largest absolute Gasteiger partial charge is 0.0895 e. The number of allylic oxidation sites excluding steroid dienone is 2. The molecule has 1 fully saturated rings. The molecule has 0 spiro atoms. The zero-order valence-electron chi connectivity index (χ0n) is 9.07. The van der Waals surface area contributed by atoms with Gasteiger partial charge >= 0.3 is 0 Å². The fourth-order valence-corrected chi connectivity index (χ4v) is 1.92. The van der Waals surface area contributed by atoms with Gasteiger partial charge < -0.3 is 0 Å². The first-order valence-corrected chi connectivity index (χ1v) is 5.80. The lowest BCUT2D eigenvalue weighted by Crippen LogP contribution is -1.87. The van der Waals surface area contributed by atoms with Crippen LogP contribution >= 0.6 is 11.6 Å². The molecule has 1 atom stereocenters. The Morgan fingerprint density at radius 3 is 2.54 bits per heavy atom. The predicted molar refractivity (Wildman–Crippen MR) is 60.0 cm³/mol. The molecule has 1 aliphatic carbocycles. The predicted octanol–water partition coefficient (Wildman–Crippen LogP) is 4.74. The second-order valence-electron chi connectivity index (χ2n) is 4.87. The molecule has 0 N–H and O–H groups in total. The Labute approximate surface area is 87.4 Å². The van der Waals surface area contributed by atoms with Crippen molar-refractivity contribution in [3.05, 3.63) is 11.1 Å². The van der Waals surface area contributed by atoms with E-state index in [-0.39, 0.29) is 0 Å².